The van der Waals surface area contributed by atoms with Gasteiger partial charge in [-0.25, -0.2) is 22.3 Å². The summed E-state index contributed by atoms with van der Waals surface area (Å²) in [5.41, 5.74) is 0.671. The molecule has 0 amide bonds. The van der Waals surface area contributed by atoms with Crippen LogP contribution in [0.1, 0.15) is 22.3 Å². The second-order valence-electron chi connectivity index (χ2n) is 8.06. The summed E-state index contributed by atoms with van der Waals surface area (Å²) in [6.07, 6.45) is -2.57. The minimum Gasteiger partial charge on any atom is -0.249 e. The summed E-state index contributed by atoms with van der Waals surface area (Å²) in [6.45, 7) is 0.255. The number of halogens is 3. The van der Waals surface area contributed by atoms with Crippen LogP contribution in [0.5, 0.6) is 0 Å². The fourth-order valence-electron chi connectivity index (χ4n) is 4.15. The Kier molecular flexibility index (Phi) is 5.33. The van der Waals surface area contributed by atoms with E-state index in [-0.39, 0.29) is 35.7 Å². The Bertz CT molecular complexity index is 1560. The van der Waals surface area contributed by atoms with Gasteiger partial charge >= 0.3 is 11.9 Å². The average Bonchev–Trinajstić information content (AvgIpc) is 3.13. The first-order valence-electron chi connectivity index (χ1n) is 10.5. The molecule has 0 saturated carbocycles. The van der Waals surface area contributed by atoms with Crippen molar-refractivity contribution in [3.05, 3.63) is 99.6 Å². The quantitative estimate of drug-likeness (QED) is 0.442. The van der Waals surface area contributed by atoms with Crippen molar-refractivity contribution in [1.82, 2.24) is 18.5 Å². The molecule has 34 heavy (non-hydrogen) atoms. The van der Waals surface area contributed by atoms with Crippen molar-refractivity contribution in [3.63, 3.8) is 0 Å². The molecule has 0 saturated heterocycles. The first kappa shape index (κ1) is 22.4. The van der Waals surface area contributed by atoms with Gasteiger partial charge < -0.3 is 0 Å². The van der Waals surface area contributed by atoms with E-state index in [2.05, 4.69) is 5.10 Å². The molecule has 2 aromatic heterocycles. The topological polar surface area (TPSA) is 76.7 Å². The van der Waals surface area contributed by atoms with Gasteiger partial charge in [0, 0.05) is 19.3 Å². The van der Waals surface area contributed by atoms with E-state index in [0.29, 0.717) is 6.42 Å². The van der Waals surface area contributed by atoms with Gasteiger partial charge in [-0.05, 0) is 47.4 Å². The number of aromatic nitrogens is 3. The first-order valence-corrected chi connectivity index (χ1v) is 11.9. The van der Waals surface area contributed by atoms with E-state index < -0.39 is 27.5 Å². The molecule has 0 unspecified atom stereocenters. The zero-order chi connectivity index (χ0) is 24.1. The largest absolute Gasteiger partial charge is 0.416 e. The second kappa shape index (κ2) is 8.10. The van der Waals surface area contributed by atoms with Crippen molar-refractivity contribution < 1.29 is 21.6 Å². The van der Waals surface area contributed by atoms with Crippen molar-refractivity contribution in [2.45, 2.75) is 30.6 Å². The maximum Gasteiger partial charge on any atom is 0.416 e. The molecule has 4 aromatic rings. The highest BCUT2D eigenvalue weighted by atomic mass is 32.2. The molecule has 0 fully saturated rings. The fraction of sp³-hybridized carbons (Fsp3) is 0.217. The van der Waals surface area contributed by atoms with Crippen LogP contribution in [0.2, 0.25) is 0 Å². The molecule has 3 heterocycles. The standard InChI is InChI=1S/C23H19F3N4O3S/c24-23(25,26)19-8-3-5-16(13-19)14-30-22(31)29-11-4-9-20(21(29)27-30)34(32,33)28-12-10-17-6-1-2-7-18(17)15-28/h1-9,11,13H,10,12,14-15H2. The Balaban J connectivity index is 1.52. The van der Waals surface area contributed by atoms with Gasteiger partial charge in [-0.3, -0.25) is 0 Å². The number of hydrogen-bond acceptors (Lipinski definition) is 4. The second-order valence-corrected chi connectivity index (χ2v) is 9.97. The van der Waals surface area contributed by atoms with Crippen LogP contribution in [-0.4, -0.2) is 33.4 Å². The molecule has 1 aliphatic heterocycles. The molecule has 5 rings (SSSR count). The number of sulfonamides is 1. The maximum absolute atomic E-state index is 13.5. The lowest BCUT2D eigenvalue weighted by Gasteiger charge is -2.28. The monoisotopic (exact) mass is 488 g/mol. The summed E-state index contributed by atoms with van der Waals surface area (Å²) in [5.74, 6) is 0. The van der Waals surface area contributed by atoms with Gasteiger partial charge in [0.2, 0.25) is 10.0 Å². The Morgan fingerprint density at radius 1 is 0.971 bits per heavy atom. The van der Waals surface area contributed by atoms with Crippen LogP contribution in [-0.2, 0) is 35.7 Å². The Labute approximate surface area is 192 Å². The Morgan fingerprint density at radius 2 is 1.74 bits per heavy atom. The number of benzene rings is 2. The van der Waals surface area contributed by atoms with Gasteiger partial charge in [-0.1, -0.05) is 36.4 Å². The third-order valence-electron chi connectivity index (χ3n) is 5.87. The molecule has 7 nitrogen and oxygen atoms in total. The molecule has 0 atom stereocenters. The SMILES string of the molecule is O=c1n(Cc2cccc(C(F)(F)F)c2)nc2c(S(=O)(=O)N3CCc4ccccc4C3)cccn12. The van der Waals surface area contributed by atoms with Crippen LogP contribution in [0.4, 0.5) is 13.2 Å². The molecule has 11 heteroatoms. The number of hydrogen-bond donors (Lipinski definition) is 0. The van der Waals surface area contributed by atoms with Crippen LogP contribution < -0.4 is 5.69 Å². The molecule has 0 N–H and O–H groups in total. The summed E-state index contributed by atoms with van der Waals surface area (Å²) in [7, 11) is -3.98. The summed E-state index contributed by atoms with van der Waals surface area (Å²) >= 11 is 0. The van der Waals surface area contributed by atoms with Gasteiger partial charge in [0.1, 0.15) is 4.90 Å². The van der Waals surface area contributed by atoms with E-state index in [4.69, 9.17) is 0 Å². The van der Waals surface area contributed by atoms with Gasteiger partial charge in [-0.2, -0.15) is 17.5 Å². The normalized spacial score (nSPS) is 14.9. The van der Waals surface area contributed by atoms with Crippen molar-refractivity contribution in [1.29, 1.82) is 0 Å². The van der Waals surface area contributed by atoms with Crippen molar-refractivity contribution in [3.8, 4) is 0 Å². The van der Waals surface area contributed by atoms with Crippen LogP contribution in [0.15, 0.2) is 76.6 Å². The smallest absolute Gasteiger partial charge is 0.249 e. The van der Waals surface area contributed by atoms with E-state index in [1.807, 2.05) is 24.3 Å². The number of alkyl halides is 3. The summed E-state index contributed by atoms with van der Waals surface area (Å²) in [6, 6.07) is 15.0. The highest BCUT2D eigenvalue weighted by molar-refractivity contribution is 7.89. The molecule has 0 spiro atoms. The van der Waals surface area contributed by atoms with E-state index >= 15 is 0 Å². The van der Waals surface area contributed by atoms with Crippen molar-refractivity contribution in [2.75, 3.05) is 6.54 Å². The van der Waals surface area contributed by atoms with Crippen LogP contribution in [0.3, 0.4) is 0 Å². The molecule has 0 bridgehead atoms. The fourth-order valence-corrected chi connectivity index (χ4v) is 5.69. The molecule has 1 aliphatic rings. The van der Waals surface area contributed by atoms with Crippen LogP contribution >= 0.6 is 0 Å². The van der Waals surface area contributed by atoms with Crippen LogP contribution in [0.25, 0.3) is 5.65 Å². The van der Waals surface area contributed by atoms with Gasteiger partial charge in [0.15, 0.2) is 5.65 Å². The van der Waals surface area contributed by atoms with Crippen molar-refractivity contribution in [2.24, 2.45) is 0 Å². The third-order valence-corrected chi connectivity index (χ3v) is 7.74. The van der Waals surface area contributed by atoms with E-state index in [0.717, 1.165) is 32.3 Å². The Hall–Kier alpha value is -3.44. The lowest BCUT2D eigenvalue weighted by Crippen LogP contribution is -2.36. The molecule has 2 aromatic carbocycles. The van der Waals surface area contributed by atoms with E-state index in [1.165, 1.54) is 34.8 Å². The van der Waals surface area contributed by atoms with Crippen LogP contribution in [0, 0.1) is 0 Å². The number of pyridine rings is 1. The molecule has 176 valence electrons. The number of fused-ring (bicyclic) bond motifs is 2. The number of nitrogens with zero attached hydrogens (tertiary/aromatic N) is 4. The number of rotatable bonds is 4. The first-order chi connectivity index (χ1) is 16.1. The van der Waals surface area contributed by atoms with Gasteiger partial charge in [0.25, 0.3) is 0 Å². The Morgan fingerprint density at radius 3 is 2.50 bits per heavy atom. The zero-order valence-corrected chi connectivity index (χ0v) is 18.6. The van der Waals surface area contributed by atoms with Crippen molar-refractivity contribution >= 4 is 15.7 Å². The summed E-state index contributed by atoms with van der Waals surface area (Å²) in [5, 5.41) is 4.18. The predicted molar refractivity (Wildman–Crippen MR) is 118 cm³/mol. The highest BCUT2D eigenvalue weighted by Crippen LogP contribution is 2.30. The lowest BCUT2D eigenvalue weighted by atomic mass is 10.0. The average molecular weight is 488 g/mol. The maximum atomic E-state index is 13.5. The van der Waals surface area contributed by atoms with E-state index in [9.17, 15) is 26.4 Å². The van der Waals surface area contributed by atoms with Gasteiger partial charge in [-0.15, -0.1) is 5.10 Å². The minimum absolute atomic E-state index is 0.0710. The zero-order valence-electron chi connectivity index (χ0n) is 17.7. The minimum atomic E-state index is -4.52. The summed E-state index contributed by atoms with van der Waals surface area (Å²) < 4.78 is 69.5. The predicted octanol–water partition coefficient (Wildman–Crippen LogP) is 3.31. The third kappa shape index (κ3) is 3.90. The molecule has 0 aliphatic carbocycles. The summed E-state index contributed by atoms with van der Waals surface area (Å²) in [4.78, 5) is 12.7. The molecule has 0 radical (unpaired) electrons. The van der Waals surface area contributed by atoms with E-state index in [1.54, 1.807) is 0 Å². The highest BCUT2D eigenvalue weighted by Gasteiger charge is 2.32. The van der Waals surface area contributed by atoms with Gasteiger partial charge in [0.05, 0.1) is 12.1 Å². The lowest BCUT2D eigenvalue weighted by molar-refractivity contribution is -0.137. The molecular weight excluding hydrogens is 469 g/mol. The molecular formula is C23H19F3N4O3S.